The fourth-order valence-corrected chi connectivity index (χ4v) is 11.8. The first-order valence-corrected chi connectivity index (χ1v) is 31.5. The van der Waals surface area contributed by atoms with Gasteiger partial charge in [-0.05, 0) is 95.8 Å². The Bertz CT molecular complexity index is 4660. The largest absolute Gasteiger partial charge is 0.509 e. The second-order valence-corrected chi connectivity index (χ2v) is 25.3. The van der Waals surface area contributed by atoms with Gasteiger partial charge in [-0.3, -0.25) is 19.4 Å². The number of hydrogen-bond acceptors (Lipinski definition) is 28. The number of oxazole rings is 3. The maximum Gasteiger partial charge on any atom is 0.509 e. The van der Waals surface area contributed by atoms with E-state index >= 15 is 0 Å². The van der Waals surface area contributed by atoms with Crippen LogP contribution in [0.3, 0.4) is 0 Å². The van der Waals surface area contributed by atoms with E-state index < -0.39 is 42.0 Å². The van der Waals surface area contributed by atoms with Gasteiger partial charge >= 0.3 is 25.0 Å². The summed E-state index contributed by atoms with van der Waals surface area (Å²) in [7, 11) is 2.84. The average molecular weight is 1360 g/mol. The number of carboxylic acids is 1. The average Bonchev–Trinajstić information content (AvgIpc) is 1.65. The summed E-state index contributed by atoms with van der Waals surface area (Å²) in [5, 5.41) is 32.1. The molecule has 3 N–H and O–H groups in total. The minimum absolute atomic E-state index is 0.000489. The molecule has 0 spiro atoms. The van der Waals surface area contributed by atoms with Gasteiger partial charge < -0.3 is 52.1 Å². The van der Waals surface area contributed by atoms with E-state index in [2.05, 4.69) is 44.9 Å². The molecule has 0 aliphatic rings. The maximum atomic E-state index is 13.1. The molecule has 492 valence electrons. The van der Waals surface area contributed by atoms with E-state index in [1.165, 1.54) is 92.5 Å². The number of benzene rings is 3. The predicted molar refractivity (Wildman–Crippen MR) is 355 cm³/mol. The van der Waals surface area contributed by atoms with E-state index in [0.29, 0.717) is 93.6 Å². The van der Waals surface area contributed by atoms with Crippen molar-refractivity contribution in [3.05, 3.63) is 181 Å². The molecule has 0 bridgehead atoms. The molecule has 0 radical (unpaired) electrons. The van der Waals surface area contributed by atoms with E-state index in [1.807, 2.05) is 57.3 Å². The second kappa shape index (κ2) is 30.5. The molecule has 12 rings (SSSR count). The fourth-order valence-electron chi connectivity index (χ4n) is 8.78. The highest BCUT2D eigenvalue weighted by Gasteiger charge is 2.31. The van der Waals surface area contributed by atoms with Gasteiger partial charge in [0.1, 0.15) is 27.8 Å². The zero-order valence-electron chi connectivity index (χ0n) is 53.1. The van der Waals surface area contributed by atoms with Crippen molar-refractivity contribution in [1.29, 1.82) is 0 Å². The number of carbonyl (C=O) groups is 6. The monoisotopic (exact) mass is 1360 g/mol. The topological polar surface area (TPSA) is 365 Å². The lowest BCUT2D eigenvalue weighted by atomic mass is 9.87. The van der Waals surface area contributed by atoms with Gasteiger partial charge in [0.25, 0.3) is 17.7 Å². The Kier molecular flexibility index (Phi) is 22.1. The highest BCUT2D eigenvalue weighted by atomic mass is 32.1. The van der Waals surface area contributed by atoms with Gasteiger partial charge in [0.2, 0.25) is 35.0 Å². The Labute approximate surface area is 559 Å². The van der Waals surface area contributed by atoms with Crippen LogP contribution in [-0.4, -0.2) is 135 Å². The molecule has 0 aliphatic carbocycles. The Balaban J connectivity index is 0.000000157. The number of hydrogen-bond donors (Lipinski definition) is 3. The number of carbonyl (C=O) groups excluding carboxylic acids is 5. The van der Waals surface area contributed by atoms with Crippen molar-refractivity contribution < 1.29 is 80.9 Å². The summed E-state index contributed by atoms with van der Waals surface area (Å²) in [5.41, 5.74) is 5.60. The molecule has 12 aromatic rings. The van der Waals surface area contributed by atoms with E-state index in [9.17, 15) is 33.9 Å². The highest BCUT2D eigenvalue weighted by Crippen LogP contribution is 2.35. The normalized spacial score (nSPS) is 11.1. The number of fused-ring (bicyclic) bond motifs is 3. The lowest BCUT2D eigenvalue weighted by Crippen LogP contribution is -2.32. The SMILES string of the molecule is COc1cnc(-c2csc(CC(=O)c3nc4ccccc4o3)c2C(=O)O)cn1.COc1cnc(-c2csc(CC(=O)c3nc4ccccc4o3)c2C(=O)OC(C)(C)C)cn1.COc1cnc(B(O)O)cn1.Cc1csc(CC(=O)c2nc3ccccc3o2)c1C(=O)OC(C)(C)C. The first-order chi connectivity index (χ1) is 45.8. The van der Waals surface area contributed by atoms with Crippen molar-refractivity contribution in [1.82, 2.24) is 44.9 Å². The van der Waals surface area contributed by atoms with Gasteiger partial charge in [-0.2, -0.15) is 0 Å². The smallest absolute Gasteiger partial charge is 0.480 e. The van der Waals surface area contributed by atoms with E-state index in [0.717, 1.165) is 5.56 Å². The van der Waals surface area contributed by atoms with Crippen LogP contribution in [0.25, 0.3) is 55.8 Å². The number of thiophene rings is 3. The first-order valence-electron chi connectivity index (χ1n) is 28.9. The van der Waals surface area contributed by atoms with Crippen molar-refractivity contribution >= 4 is 115 Å². The third-order valence-corrected chi connectivity index (χ3v) is 16.2. The Morgan fingerprint density at radius 2 is 0.823 bits per heavy atom. The number of aromatic carboxylic acids is 1. The third-order valence-electron chi connectivity index (χ3n) is 13.1. The molecular formula is C66H60BN9O17S3. The van der Waals surface area contributed by atoms with Crippen molar-refractivity contribution in [3.8, 4) is 40.2 Å². The number of ketones is 3. The molecule has 30 heteroatoms. The molecular weight excluding hydrogens is 1300 g/mol. The summed E-state index contributed by atoms with van der Waals surface area (Å²) >= 11 is 3.81. The van der Waals surface area contributed by atoms with Crippen LogP contribution in [0.1, 0.15) is 125 Å². The van der Waals surface area contributed by atoms with Crippen LogP contribution in [0.5, 0.6) is 17.6 Å². The van der Waals surface area contributed by atoms with Gasteiger partial charge in [-0.25, -0.2) is 54.3 Å². The highest BCUT2D eigenvalue weighted by molar-refractivity contribution is 7.11. The van der Waals surface area contributed by atoms with Gasteiger partial charge in [-0.15, -0.1) is 34.0 Å². The van der Waals surface area contributed by atoms with Crippen molar-refractivity contribution in [2.24, 2.45) is 0 Å². The van der Waals surface area contributed by atoms with E-state index in [1.54, 1.807) is 80.1 Å². The van der Waals surface area contributed by atoms with E-state index in [-0.39, 0.29) is 65.2 Å². The minimum atomic E-state index is -1.58. The van der Waals surface area contributed by atoms with Crippen LogP contribution in [0.4, 0.5) is 0 Å². The molecule has 0 unspecified atom stereocenters. The molecule has 0 aliphatic heterocycles. The summed E-state index contributed by atoms with van der Waals surface area (Å²) in [6.45, 7) is 12.6. The lowest BCUT2D eigenvalue weighted by Gasteiger charge is -2.20. The van der Waals surface area contributed by atoms with Crippen LogP contribution < -0.4 is 19.8 Å². The minimum Gasteiger partial charge on any atom is -0.480 e. The van der Waals surface area contributed by atoms with Gasteiger partial charge in [0.05, 0.1) is 105 Å². The first kappa shape index (κ1) is 69.6. The van der Waals surface area contributed by atoms with Crippen molar-refractivity contribution in [3.63, 3.8) is 0 Å². The van der Waals surface area contributed by atoms with Crippen LogP contribution in [0, 0.1) is 6.92 Å². The van der Waals surface area contributed by atoms with E-state index in [4.69, 9.17) is 47.0 Å². The van der Waals surface area contributed by atoms with Gasteiger partial charge in [0, 0.05) is 42.7 Å². The summed E-state index contributed by atoms with van der Waals surface area (Å²) < 4.78 is 42.4. The number of nitrogens with zero attached hydrogens (tertiary/aromatic N) is 9. The summed E-state index contributed by atoms with van der Waals surface area (Å²) in [6.07, 6.45) is 8.23. The quantitative estimate of drug-likeness (QED) is 0.0408. The molecule has 0 amide bonds. The molecule has 0 saturated carbocycles. The van der Waals surface area contributed by atoms with Crippen LogP contribution >= 0.6 is 34.0 Å². The molecule has 96 heavy (non-hydrogen) atoms. The number of esters is 2. The van der Waals surface area contributed by atoms with Crippen LogP contribution in [0.15, 0.2) is 139 Å². The fraction of sp³-hybridized carbons (Fsp3) is 0.227. The molecule has 9 aromatic heterocycles. The Hall–Kier alpha value is -10.8. The van der Waals surface area contributed by atoms with Crippen molar-refractivity contribution in [2.75, 3.05) is 21.3 Å². The summed E-state index contributed by atoms with van der Waals surface area (Å²) in [4.78, 5) is 114. The summed E-state index contributed by atoms with van der Waals surface area (Å²) in [5.74, 6) is -2.05. The molecule has 26 nitrogen and oxygen atoms in total. The number of aryl methyl sites for hydroxylation is 1. The second-order valence-electron chi connectivity index (χ2n) is 22.4. The maximum absolute atomic E-state index is 13.1. The molecule has 0 saturated heterocycles. The lowest BCUT2D eigenvalue weighted by molar-refractivity contribution is 0.00564. The predicted octanol–water partition coefficient (Wildman–Crippen LogP) is 11.0. The van der Waals surface area contributed by atoms with Gasteiger partial charge in [-0.1, -0.05) is 36.4 Å². The summed E-state index contributed by atoms with van der Waals surface area (Å²) in [6, 6.07) is 21.4. The number of aromatic nitrogens is 9. The van der Waals surface area contributed by atoms with Gasteiger partial charge in [0.15, 0.2) is 16.7 Å². The third kappa shape index (κ3) is 17.5. The van der Waals surface area contributed by atoms with Crippen LogP contribution in [-0.2, 0) is 28.7 Å². The number of para-hydroxylation sites is 6. The number of rotatable bonds is 18. The molecule has 3 aromatic carbocycles. The van der Waals surface area contributed by atoms with Crippen molar-refractivity contribution in [2.45, 2.75) is 78.9 Å². The Morgan fingerprint density at radius 1 is 0.469 bits per heavy atom. The number of ether oxygens (including phenoxy) is 5. The molecule has 0 fully saturated rings. The number of methoxy groups -OCH3 is 3. The zero-order chi connectivity index (χ0) is 69.0. The Morgan fingerprint density at radius 3 is 1.17 bits per heavy atom. The number of carboxylic acid groups (broad SMARTS) is 1. The molecule has 0 atom stereocenters. The zero-order valence-corrected chi connectivity index (χ0v) is 55.6. The number of Topliss-reactive ketones (excluding diaryl/α,β-unsaturated/α-hetero) is 3. The standard InChI is InChI=1S/C23H21N3O5S.C19H13N3O5S.C19H19NO4S.C5H7BN2O3/c1-23(2,3)31-22(28)20-13(15-10-25-19(29-4)11-24-15)12-32-18(20)9-16(27)21-26-14-7-5-6-8-17(14)30-21;1-26-16-8-20-12(7-21-16)10-9-28-15(17(10)19(24)25)6-13(23)18-22-11-4-2-3-5-14(11)27-18;1-11-10-25-15(16(11)18(22)24-19(2,3)4)9-13(21)17-20-12-7-5-6-8-14(12)23-17;1-11-5-3-7-4(2-8-5)6(9)10/h5-8,10-12H,9H2,1-4H3;2-5,7-9H,6H2,1H3,(H,24,25);5-8,10H,9H2,1-4H3;2-3,9-10H,1H3. The van der Waals surface area contributed by atoms with Crippen LogP contribution in [0.2, 0.25) is 0 Å². The molecule has 9 heterocycles.